The van der Waals surface area contributed by atoms with Crippen LogP contribution in [0.15, 0.2) is 54.6 Å². The summed E-state index contributed by atoms with van der Waals surface area (Å²) in [6.45, 7) is 7.13. The zero-order valence-electron chi connectivity index (χ0n) is 19.4. The van der Waals surface area contributed by atoms with Crippen LogP contribution in [-0.2, 0) is 9.53 Å². The van der Waals surface area contributed by atoms with E-state index >= 15 is 0 Å². The van der Waals surface area contributed by atoms with E-state index in [4.69, 9.17) is 4.74 Å². The lowest BCUT2D eigenvalue weighted by Crippen LogP contribution is -2.59. The van der Waals surface area contributed by atoms with E-state index in [9.17, 15) is 14.4 Å². The Bertz CT molecular complexity index is 1030. The second-order valence-electron chi connectivity index (χ2n) is 9.34. The lowest BCUT2D eigenvalue weighted by Gasteiger charge is -2.43. The quantitative estimate of drug-likeness (QED) is 0.754. The van der Waals surface area contributed by atoms with Crippen molar-refractivity contribution in [3.63, 3.8) is 0 Å². The molecule has 1 unspecified atom stereocenters. The molecule has 4 rings (SSSR count). The number of aryl methyl sites for hydroxylation is 1. The molecule has 1 spiro atoms. The van der Waals surface area contributed by atoms with Crippen LogP contribution in [0.3, 0.4) is 0 Å². The summed E-state index contributed by atoms with van der Waals surface area (Å²) in [7, 11) is 0. The molecular weight excluding hydrogens is 418 g/mol. The fourth-order valence-electron chi connectivity index (χ4n) is 4.71. The van der Waals surface area contributed by atoms with Gasteiger partial charge in [0.1, 0.15) is 12.6 Å². The van der Waals surface area contributed by atoms with E-state index in [0.717, 1.165) is 11.3 Å². The van der Waals surface area contributed by atoms with Gasteiger partial charge in [0.2, 0.25) is 5.91 Å². The highest BCUT2D eigenvalue weighted by molar-refractivity contribution is 5.98. The average molecular weight is 450 g/mol. The molecule has 0 aromatic heterocycles. The maximum absolute atomic E-state index is 13.4. The van der Waals surface area contributed by atoms with Gasteiger partial charge in [-0.3, -0.25) is 14.5 Å². The molecule has 7 heteroatoms. The van der Waals surface area contributed by atoms with E-state index < -0.39 is 11.6 Å². The van der Waals surface area contributed by atoms with Crippen LogP contribution in [0.1, 0.15) is 42.6 Å². The standard InChI is InChI=1S/C26H31N3O4/c1-18(2)22(27-23(30)20-9-7-8-19(3)16-20)24(31)28-14-12-26(13-15-28)17-33-25(32)29(26)21-10-5-4-6-11-21/h4-11,16,18,22H,12-15,17H2,1-3H3,(H,27,30). The second-order valence-corrected chi connectivity index (χ2v) is 9.34. The van der Waals surface area contributed by atoms with E-state index in [1.807, 2.05) is 69.3 Å². The minimum Gasteiger partial charge on any atom is -0.447 e. The number of piperidine rings is 1. The Balaban J connectivity index is 1.45. The molecule has 0 saturated carbocycles. The second kappa shape index (κ2) is 9.25. The molecule has 2 aromatic carbocycles. The highest BCUT2D eigenvalue weighted by Crippen LogP contribution is 2.38. The number of rotatable bonds is 5. The highest BCUT2D eigenvalue weighted by atomic mass is 16.6. The third-order valence-electron chi connectivity index (χ3n) is 6.64. The van der Waals surface area contributed by atoms with Crippen LogP contribution >= 0.6 is 0 Å². The number of hydrogen-bond acceptors (Lipinski definition) is 4. The lowest BCUT2D eigenvalue weighted by molar-refractivity contribution is -0.135. The van der Waals surface area contributed by atoms with Crippen LogP contribution < -0.4 is 10.2 Å². The molecule has 2 fully saturated rings. The minimum absolute atomic E-state index is 0.0562. The number of carbonyl (C=O) groups is 3. The molecule has 1 atom stereocenters. The third-order valence-corrected chi connectivity index (χ3v) is 6.64. The van der Waals surface area contributed by atoms with Crippen LogP contribution in [0.4, 0.5) is 10.5 Å². The first-order valence-corrected chi connectivity index (χ1v) is 11.5. The zero-order valence-corrected chi connectivity index (χ0v) is 19.4. The van der Waals surface area contributed by atoms with Crippen LogP contribution in [0.2, 0.25) is 0 Å². The van der Waals surface area contributed by atoms with Crippen molar-refractivity contribution in [2.45, 2.75) is 45.2 Å². The van der Waals surface area contributed by atoms with Gasteiger partial charge in [0.25, 0.3) is 5.91 Å². The maximum Gasteiger partial charge on any atom is 0.415 e. The predicted octanol–water partition coefficient (Wildman–Crippen LogP) is 3.77. The fourth-order valence-corrected chi connectivity index (χ4v) is 4.71. The fraction of sp³-hybridized carbons (Fsp3) is 0.423. The Morgan fingerprint density at radius 2 is 1.73 bits per heavy atom. The summed E-state index contributed by atoms with van der Waals surface area (Å²) in [6, 6.07) is 16.2. The normalized spacial score (nSPS) is 18.4. The van der Waals surface area contributed by atoms with Crippen LogP contribution in [0.25, 0.3) is 0 Å². The van der Waals surface area contributed by atoms with Crippen molar-refractivity contribution in [1.29, 1.82) is 0 Å². The molecule has 2 aromatic rings. The number of nitrogens with zero attached hydrogens (tertiary/aromatic N) is 2. The average Bonchev–Trinajstić information content (AvgIpc) is 3.13. The first-order valence-electron chi connectivity index (χ1n) is 11.5. The van der Waals surface area contributed by atoms with Gasteiger partial charge in [0.05, 0.1) is 5.54 Å². The lowest BCUT2D eigenvalue weighted by atomic mass is 9.86. The Kier molecular flexibility index (Phi) is 6.40. The molecule has 7 nitrogen and oxygen atoms in total. The monoisotopic (exact) mass is 449 g/mol. The number of carbonyl (C=O) groups excluding carboxylic acids is 3. The molecule has 3 amide bonds. The van der Waals surface area contributed by atoms with Crippen LogP contribution in [-0.4, -0.2) is 54.1 Å². The van der Waals surface area contributed by atoms with Crippen molar-refractivity contribution in [2.75, 3.05) is 24.6 Å². The largest absolute Gasteiger partial charge is 0.447 e. The Morgan fingerprint density at radius 1 is 1.03 bits per heavy atom. The zero-order chi connectivity index (χ0) is 23.6. The van der Waals surface area contributed by atoms with Gasteiger partial charge in [0.15, 0.2) is 0 Å². The maximum atomic E-state index is 13.4. The number of benzene rings is 2. The SMILES string of the molecule is Cc1cccc(C(=O)NC(C(=O)N2CCC3(CC2)COC(=O)N3c2ccccc2)C(C)C)c1. The number of anilines is 1. The number of amides is 3. The molecule has 2 aliphatic rings. The number of cyclic esters (lactones) is 1. The molecule has 0 bridgehead atoms. The Morgan fingerprint density at radius 3 is 2.36 bits per heavy atom. The van der Waals surface area contributed by atoms with Gasteiger partial charge >= 0.3 is 6.09 Å². The molecule has 0 radical (unpaired) electrons. The smallest absolute Gasteiger partial charge is 0.415 e. The van der Waals surface area contributed by atoms with E-state index in [1.54, 1.807) is 15.9 Å². The van der Waals surface area contributed by atoms with Crippen molar-refractivity contribution in [2.24, 2.45) is 5.92 Å². The van der Waals surface area contributed by atoms with Gasteiger partial charge in [-0.2, -0.15) is 0 Å². The Hall–Kier alpha value is -3.35. The molecule has 33 heavy (non-hydrogen) atoms. The summed E-state index contributed by atoms with van der Waals surface area (Å²) >= 11 is 0. The van der Waals surface area contributed by atoms with Gasteiger partial charge in [-0.1, -0.05) is 49.7 Å². The molecule has 174 valence electrons. The van der Waals surface area contributed by atoms with Crippen molar-refractivity contribution in [1.82, 2.24) is 10.2 Å². The number of hydrogen-bond donors (Lipinski definition) is 1. The van der Waals surface area contributed by atoms with Gasteiger partial charge in [-0.15, -0.1) is 0 Å². The van der Waals surface area contributed by atoms with Crippen LogP contribution in [0, 0.1) is 12.8 Å². The number of nitrogens with one attached hydrogen (secondary N) is 1. The van der Waals surface area contributed by atoms with Gasteiger partial charge < -0.3 is 15.0 Å². The third kappa shape index (κ3) is 4.58. The van der Waals surface area contributed by atoms with Crippen LogP contribution in [0.5, 0.6) is 0 Å². The molecule has 0 aliphatic carbocycles. The minimum atomic E-state index is -0.612. The summed E-state index contributed by atoms with van der Waals surface area (Å²) in [5.41, 5.74) is 1.90. The van der Waals surface area contributed by atoms with Crippen molar-refractivity contribution >= 4 is 23.6 Å². The summed E-state index contributed by atoms with van der Waals surface area (Å²) in [4.78, 5) is 42.3. The van der Waals surface area contributed by atoms with Crippen molar-refractivity contribution < 1.29 is 19.1 Å². The molecule has 1 N–H and O–H groups in total. The predicted molar refractivity (Wildman–Crippen MR) is 126 cm³/mol. The first kappa shape index (κ1) is 22.8. The van der Waals surface area contributed by atoms with Gasteiger partial charge in [0, 0.05) is 24.3 Å². The molecular formula is C26H31N3O4. The summed E-state index contributed by atoms with van der Waals surface area (Å²) in [6.07, 6.45) is 0.901. The van der Waals surface area contributed by atoms with E-state index in [2.05, 4.69) is 5.32 Å². The molecule has 2 aliphatic heterocycles. The topological polar surface area (TPSA) is 79.0 Å². The van der Waals surface area contributed by atoms with Crippen molar-refractivity contribution in [3.05, 3.63) is 65.7 Å². The van der Waals surface area contributed by atoms with Gasteiger partial charge in [-0.25, -0.2) is 4.79 Å². The molecule has 2 saturated heterocycles. The highest BCUT2D eigenvalue weighted by Gasteiger charge is 2.50. The number of para-hydroxylation sites is 1. The summed E-state index contributed by atoms with van der Waals surface area (Å²) in [5.74, 6) is -0.388. The molecule has 2 heterocycles. The van der Waals surface area contributed by atoms with Gasteiger partial charge in [-0.05, 0) is 49.9 Å². The summed E-state index contributed by atoms with van der Waals surface area (Å²) in [5, 5.41) is 2.94. The number of likely N-dealkylation sites (tertiary alicyclic amines) is 1. The summed E-state index contributed by atoms with van der Waals surface area (Å²) < 4.78 is 5.43. The number of ether oxygens (including phenoxy) is 1. The van der Waals surface area contributed by atoms with Crippen molar-refractivity contribution in [3.8, 4) is 0 Å². The Labute approximate surface area is 194 Å². The first-order chi connectivity index (χ1) is 15.8. The van der Waals surface area contributed by atoms with E-state index in [-0.39, 0.29) is 23.8 Å². The van der Waals surface area contributed by atoms with E-state index in [0.29, 0.717) is 38.1 Å². The van der Waals surface area contributed by atoms with E-state index in [1.165, 1.54) is 0 Å².